The van der Waals surface area contributed by atoms with E-state index in [1.807, 2.05) is 30.6 Å². The van der Waals surface area contributed by atoms with Gasteiger partial charge in [0, 0.05) is 18.9 Å². The molecule has 0 radical (unpaired) electrons. The van der Waals surface area contributed by atoms with Gasteiger partial charge in [0.2, 0.25) is 0 Å². The van der Waals surface area contributed by atoms with Crippen LogP contribution in [0.4, 0.5) is 0 Å². The number of aliphatic hydroxyl groups excluding tert-OH is 1. The quantitative estimate of drug-likeness (QED) is 0.714. The fourth-order valence-corrected chi connectivity index (χ4v) is 1.21. The molecule has 1 aliphatic rings. The Balaban J connectivity index is 2.54. The predicted octanol–water partition coefficient (Wildman–Crippen LogP) is 2.05. The summed E-state index contributed by atoms with van der Waals surface area (Å²) >= 11 is 0. The molecule has 0 aromatic rings. The Kier molecular flexibility index (Phi) is 4.33. The third kappa shape index (κ3) is 3.47. The lowest BCUT2D eigenvalue weighted by molar-refractivity contribution is 0.331. The zero-order valence-corrected chi connectivity index (χ0v) is 8.11. The molecule has 0 aliphatic carbocycles. The van der Waals surface area contributed by atoms with Crippen molar-refractivity contribution in [3.63, 3.8) is 0 Å². The van der Waals surface area contributed by atoms with Crippen molar-refractivity contribution >= 4 is 0 Å². The normalized spacial score (nSPS) is 15.8. The van der Waals surface area contributed by atoms with Gasteiger partial charge < -0.3 is 10.0 Å². The molecule has 0 aromatic heterocycles. The van der Waals surface area contributed by atoms with Gasteiger partial charge in [0.05, 0.1) is 6.61 Å². The Morgan fingerprint density at radius 2 is 2.23 bits per heavy atom. The molecule has 2 nitrogen and oxygen atoms in total. The highest BCUT2D eigenvalue weighted by Crippen LogP contribution is 2.06. The van der Waals surface area contributed by atoms with Crippen molar-refractivity contribution in [2.75, 3.05) is 13.2 Å². The lowest BCUT2D eigenvalue weighted by Gasteiger charge is -2.14. The topological polar surface area (TPSA) is 23.5 Å². The van der Waals surface area contributed by atoms with Crippen LogP contribution in [0.25, 0.3) is 0 Å². The number of unbranched alkanes of at least 4 members (excludes halogenated alkanes) is 1. The zero-order valence-electron chi connectivity index (χ0n) is 8.11. The predicted molar refractivity (Wildman–Crippen MR) is 55.1 cm³/mol. The van der Waals surface area contributed by atoms with Crippen molar-refractivity contribution in [1.82, 2.24) is 4.90 Å². The summed E-state index contributed by atoms with van der Waals surface area (Å²) in [6.45, 7) is 3.31. The minimum Gasteiger partial charge on any atom is -0.392 e. The van der Waals surface area contributed by atoms with Crippen molar-refractivity contribution < 1.29 is 5.11 Å². The van der Waals surface area contributed by atoms with E-state index in [0.717, 1.165) is 12.1 Å². The summed E-state index contributed by atoms with van der Waals surface area (Å²) in [7, 11) is 0. The number of aliphatic hydroxyl groups is 1. The van der Waals surface area contributed by atoms with Gasteiger partial charge in [-0.3, -0.25) is 0 Å². The molecule has 0 unspecified atom stereocenters. The molecular formula is C11H17NO. The molecule has 0 aromatic carbocycles. The van der Waals surface area contributed by atoms with Gasteiger partial charge >= 0.3 is 0 Å². The molecule has 0 saturated heterocycles. The van der Waals surface area contributed by atoms with Crippen LogP contribution < -0.4 is 0 Å². The van der Waals surface area contributed by atoms with E-state index in [0.29, 0.717) is 0 Å². The lowest BCUT2D eigenvalue weighted by atomic mass is 10.3. The summed E-state index contributed by atoms with van der Waals surface area (Å²) in [6, 6.07) is 0. The molecule has 0 spiro atoms. The third-order valence-electron chi connectivity index (χ3n) is 1.98. The van der Waals surface area contributed by atoms with Gasteiger partial charge in [-0.1, -0.05) is 25.5 Å². The first kappa shape index (κ1) is 10.1. The van der Waals surface area contributed by atoms with E-state index in [9.17, 15) is 0 Å². The van der Waals surface area contributed by atoms with Crippen molar-refractivity contribution in [3.8, 4) is 0 Å². The average molecular weight is 179 g/mol. The molecule has 1 heterocycles. The second-order valence-corrected chi connectivity index (χ2v) is 3.15. The SMILES string of the molecule is CCCCN1C=CC=CC(CO)=C1. The van der Waals surface area contributed by atoms with E-state index >= 15 is 0 Å². The van der Waals surface area contributed by atoms with E-state index in [1.54, 1.807) is 0 Å². The van der Waals surface area contributed by atoms with E-state index in [-0.39, 0.29) is 6.61 Å². The minimum absolute atomic E-state index is 0.112. The standard InChI is InChI=1S/C11H17NO/c1-2-3-7-12-8-5-4-6-11(9-12)10-13/h4-6,8-9,13H,2-3,7,10H2,1H3. The van der Waals surface area contributed by atoms with Crippen molar-refractivity contribution in [2.45, 2.75) is 19.8 Å². The maximum atomic E-state index is 8.99. The maximum absolute atomic E-state index is 8.99. The largest absolute Gasteiger partial charge is 0.392 e. The van der Waals surface area contributed by atoms with Gasteiger partial charge in [-0.2, -0.15) is 0 Å². The van der Waals surface area contributed by atoms with Crippen molar-refractivity contribution in [1.29, 1.82) is 0 Å². The Morgan fingerprint density at radius 1 is 1.38 bits per heavy atom. The van der Waals surface area contributed by atoms with Crippen LogP contribution in [0.3, 0.4) is 0 Å². The molecule has 1 N–H and O–H groups in total. The van der Waals surface area contributed by atoms with Gasteiger partial charge in [0.25, 0.3) is 0 Å². The van der Waals surface area contributed by atoms with Gasteiger partial charge in [-0.15, -0.1) is 0 Å². The summed E-state index contributed by atoms with van der Waals surface area (Å²) < 4.78 is 0. The molecule has 13 heavy (non-hydrogen) atoms. The first-order chi connectivity index (χ1) is 6.36. The van der Waals surface area contributed by atoms with Crippen LogP contribution in [0.15, 0.2) is 36.2 Å². The summed E-state index contributed by atoms with van der Waals surface area (Å²) in [5, 5.41) is 8.99. The molecule has 0 bridgehead atoms. The zero-order chi connectivity index (χ0) is 9.52. The van der Waals surface area contributed by atoms with Crippen LogP contribution >= 0.6 is 0 Å². The van der Waals surface area contributed by atoms with Crippen molar-refractivity contribution in [2.24, 2.45) is 0 Å². The first-order valence-corrected chi connectivity index (χ1v) is 4.79. The number of hydrogen-bond donors (Lipinski definition) is 1. The summed E-state index contributed by atoms with van der Waals surface area (Å²) in [4.78, 5) is 2.12. The van der Waals surface area contributed by atoms with E-state index in [1.165, 1.54) is 12.8 Å². The third-order valence-corrected chi connectivity index (χ3v) is 1.98. The van der Waals surface area contributed by atoms with Crippen LogP contribution in [-0.2, 0) is 0 Å². The lowest BCUT2D eigenvalue weighted by Crippen LogP contribution is -2.11. The fourth-order valence-electron chi connectivity index (χ4n) is 1.21. The van der Waals surface area contributed by atoms with Crippen LogP contribution in [-0.4, -0.2) is 23.2 Å². The molecule has 0 amide bonds. The molecule has 1 rings (SSSR count). The first-order valence-electron chi connectivity index (χ1n) is 4.79. The molecule has 72 valence electrons. The minimum atomic E-state index is 0.112. The van der Waals surface area contributed by atoms with E-state index < -0.39 is 0 Å². The highest BCUT2D eigenvalue weighted by molar-refractivity contribution is 5.25. The van der Waals surface area contributed by atoms with Crippen molar-refractivity contribution in [3.05, 3.63) is 36.2 Å². The second-order valence-electron chi connectivity index (χ2n) is 3.15. The highest BCUT2D eigenvalue weighted by Gasteiger charge is 1.98. The van der Waals surface area contributed by atoms with E-state index in [2.05, 4.69) is 11.8 Å². The van der Waals surface area contributed by atoms with Crippen LogP contribution in [0.1, 0.15) is 19.8 Å². The number of allylic oxidation sites excluding steroid dienone is 2. The van der Waals surface area contributed by atoms with Crippen LogP contribution in [0.2, 0.25) is 0 Å². The molecule has 0 saturated carbocycles. The van der Waals surface area contributed by atoms with Gasteiger partial charge in [0.1, 0.15) is 0 Å². The van der Waals surface area contributed by atoms with E-state index in [4.69, 9.17) is 5.11 Å². The Hall–Kier alpha value is -1.02. The van der Waals surface area contributed by atoms with Crippen LogP contribution in [0.5, 0.6) is 0 Å². The number of rotatable bonds is 4. The van der Waals surface area contributed by atoms with Gasteiger partial charge in [-0.05, 0) is 18.1 Å². The summed E-state index contributed by atoms with van der Waals surface area (Å²) in [5.74, 6) is 0. The molecule has 1 aliphatic heterocycles. The van der Waals surface area contributed by atoms with Gasteiger partial charge in [0.15, 0.2) is 0 Å². The number of nitrogens with zero attached hydrogens (tertiary/aromatic N) is 1. The summed E-state index contributed by atoms with van der Waals surface area (Å²) in [5.41, 5.74) is 0.959. The van der Waals surface area contributed by atoms with Crippen LogP contribution in [0, 0.1) is 0 Å². The molecule has 0 atom stereocenters. The fraction of sp³-hybridized carbons (Fsp3) is 0.455. The summed E-state index contributed by atoms with van der Waals surface area (Å²) in [6.07, 6.45) is 12.3. The average Bonchev–Trinajstić information content (AvgIpc) is 2.39. The Bertz CT molecular complexity index is 228. The highest BCUT2D eigenvalue weighted by atomic mass is 16.3. The molecular weight excluding hydrogens is 162 g/mol. The van der Waals surface area contributed by atoms with Gasteiger partial charge in [-0.25, -0.2) is 0 Å². The Labute approximate surface area is 79.9 Å². The number of hydrogen-bond acceptors (Lipinski definition) is 2. The second kappa shape index (κ2) is 5.60. The monoisotopic (exact) mass is 179 g/mol. The smallest absolute Gasteiger partial charge is 0.0696 e. The molecule has 2 heteroatoms. The molecule has 0 fully saturated rings. The maximum Gasteiger partial charge on any atom is 0.0696 e. The Morgan fingerprint density at radius 3 is 2.92 bits per heavy atom.